The summed E-state index contributed by atoms with van der Waals surface area (Å²) >= 11 is 3.56. The topological polar surface area (TPSA) is 12.0 Å². The summed E-state index contributed by atoms with van der Waals surface area (Å²) in [5, 5.41) is 3.51. The van der Waals surface area contributed by atoms with Crippen LogP contribution in [0.5, 0.6) is 0 Å². The molecule has 0 aliphatic carbocycles. The van der Waals surface area contributed by atoms with Crippen LogP contribution in [0.2, 0.25) is 0 Å². The lowest BCUT2D eigenvalue weighted by molar-refractivity contribution is 0.495. The summed E-state index contributed by atoms with van der Waals surface area (Å²) in [6, 6.07) is 8.77. The second-order valence-electron chi connectivity index (χ2n) is 4.05. The molecule has 1 N–H and O–H groups in total. The molecule has 14 heavy (non-hydrogen) atoms. The Kier molecular flexibility index (Phi) is 4.63. The highest BCUT2D eigenvalue weighted by Gasteiger charge is 2.07. The van der Waals surface area contributed by atoms with Gasteiger partial charge in [-0.2, -0.15) is 0 Å². The van der Waals surface area contributed by atoms with Crippen molar-refractivity contribution >= 4 is 15.9 Å². The van der Waals surface area contributed by atoms with Gasteiger partial charge in [-0.05, 0) is 31.0 Å². The van der Waals surface area contributed by atoms with Crippen molar-refractivity contribution in [2.45, 2.75) is 26.8 Å². The van der Waals surface area contributed by atoms with Crippen LogP contribution in [0, 0.1) is 5.92 Å². The van der Waals surface area contributed by atoms with E-state index in [0.717, 1.165) is 6.54 Å². The molecule has 1 aromatic rings. The van der Waals surface area contributed by atoms with Crippen molar-refractivity contribution in [1.82, 2.24) is 5.32 Å². The number of hydrogen-bond donors (Lipinski definition) is 1. The predicted molar refractivity (Wildman–Crippen MR) is 65.4 cm³/mol. The lowest BCUT2D eigenvalue weighted by Gasteiger charge is -2.17. The van der Waals surface area contributed by atoms with E-state index in [4.69, 9.17) is 0 Å². The van der Waals surface area contributed by atoms with Crippen molar-refractivity contribution in [3.63, 3.8) is 0 Å². The number of hydrogen-bond acceptors (Lipinski definition) is 1. The molecule has 0 heterocycles. The normalized spacial score (nSPS) is 13.2. The molecule has 0 aliphatic rings. The van der Waals surface area contributed by atoms with Crippen molar-refractivity contribution in [1.29, 1.82) is 0 Å². The molecule has 0 unspecified atom stereocenters. The molecule has 0 bridgehead atoms. The van der Waals surface area contributed by atoms with Crippen LogP contribution in [0.15, 0.2) is 28.7 Å². The average Bonchev–Trinajstić information content (AvgIpc) is 2.15. The molecule has 0 fully saturated rings. The van der Waals surface area contributed by atoms with E-state index in [1.165, 1.54) is 10.0 Å². The van der Waals surface area contributed by atoms with Gasteiger partial charge < -0.3 is 5.32 Å². The fourth-order valence-electron chi connectivity index (χ4n) is 1.35. The summed E-state index contributed by atoms with van der Waals surface area (Å²) < 4.78 is 1.18. The Hall–Kier alpha value is -0.340. The fourth-order valence-corrected chi connectivity index (χ4v) is 1.98. The summed E-state index contributed by atoms with van der Waals surface area (Å²) in [6.07, 6.45) is 0. The number of nitrogens with one attached hydrogen (secondary N) is 1. The third-order valence-corrected chi connectivity index (χ3v) is 2.93. The van der Waals surface area contributed by atoms with Crippen molar-refractivity contribution in [3.8, 4) is 0 Å². The van der Waals surface area contributed by atoms with Crippen LogP contribution >= 0.6 is 15.9 Å². The smallest absolute Gasteiger partial charge is 0.0303 e. The zero-order chi connectivity index (χ0) is 10.6. The maximum atomic E-state index is 3.56. The van der Waals surface area contributed by atoms with E-state index in [2.05, 4.69) is 60.2 Å². The molecule has 1 rings (SSSR count). The Balaban J connectivity index is 2.60. The molecule has 78 valence electrons. The van der Waals surface area contributed by atoms with E-state index in [0.29, 0.717) is 12.0 Å². The third-order valence-electron chi connectivity index (χ3n) is 2.20. The van der Waals surface area contributed by atoms with Crippen LogP contribution < -0.4 is 5.32 Å². The van der Waals surface area contributed by atoms with Crippen LogP contribution in [0.3, 0.4) is 0 Å². The standard InChI is InChI=1S/C12H18BrN/c1-9(2)8-14-10(3)11-6-4-5-7-12(11)13/h4-7,9-10,14H,8H2,1-3H3/t10-/m0/s1. The van der Waals surface area contributed by atoms with Crippen LogP contribution in [0.4, 0.5) is 0 Å². The molecule has 1 aromatic carbocycles. The second-order valence-corrected chi connectivity index (χ2v) is 4.90. The number of rotatable bonds is 4. The summed E-state index contributed by atoms with van der Waals surface area (Å²) in [7, 11) is 0. The molecular weight excluding hydrogens is 238 g/mol. The van der Waals surface area contributed by atoms with Crippen LogP contribution in [-0.2, 0) is 0 Å². The molecule has 0 aromatic heterocycles. The fraction of sp³-hybridized carbons (Fsp3) is 0.500. The van der Waals surface area contributed by atoms with Gasteiger partial charge in [0, 0.05) is 10.5 Å². The Bertz CT molecular complexity index is 283. The van der Waals surface area contributed by atoms with Gasteiger partial charge in [0.05, 0.1) is 0 Å². The summed E-state index contributed by atoms with van der Waals surface area (Å²) in [5.41, 5.74) is 1.33. The van der Waals surface area contributed by atoms with E-state index in [-0.39, 0.29) is 0 Å². The SMILES string of the molecule is CC(C)CN[C@@H](C)c1ccccc1Br. The third kappa shape index (κ3) is 3.43. The average molecular weight is 256 g/mol. The van der Waals surface area contributed by atoms with E-state index in [1.807, 2.05) is 6.07 Å². The molecule has 0 radical (unpaired) electrons. The first kappa shape index (κ1) is 11.7. The maximum absolute atomic E-state index is 3.56. The van der Waals surface area contributed by atoms with Gasteiger partial charge in [-0.15, -0.1) is 0 Å². The highest BCUT2D eigenvalue weighted by Crippen LogP contribution is 2.22. The lowest BCUT2D eigenvalue weighted by Crippen LogP contribution is -2.23. The zero-order valence-electron chi connectivity index (χ0n) is 9.05. The van der Waals surface area contributed by atoms with Gasteiger partial charge in [0.1, 0.15) is 0 Å². The van der Waals surface area contributed by atoms with Crippen LogP contribution in [-0.4, -0.2) is 6.54 Å². The summed E-state index contributed by atoms with van der Waals surface area (Å²) in [6.45, 7) is 7.70. The highest BCUT2D eigenvalue weighted by atomic mass is 79.9. The molecule has 1 nitrogen and oxygen atoms in total. The minimum atomic E-state index is 0.410. The first-order chi connectivity index (χ1) is 6.61. The quantitative estimate of drug-likeness (QED) is 0.864. The van der Waals surface area contributed by atoms with Gasteiger partial charge in [-0.3, -0.25) is 0 Å². The van der Waals surface area contributed by atoms with E-state index < -0.39 is 0 Å². The van der Waals surface area contributed by atoms with E-state index >= 15 is 0 Å². The van der Waals surface area contributed by atoms with Crippen molar-refractivity contribution in [2.75, 3.05) is 6.54 Å². The molecule has 2 heteroatoms. The van der Waals surface area contributed by atoms with Gasteiger partial charge in [0.15, 0.2) is 0 Å². The Morgan fingerprint density at radius 1 is 1.21 bits per heavy atom. The Morgan fingerprint density at radius 2 is 1.86 bits per heavy atom. The first-order valence-corrected chi connectivity index (χ1v) is 5.88. The number of benzene rings is 1. The second kappa shape index (κ2) is 5.52. The molecular formula is C12H18BrN. The van der Waals surface area contributed by atoms with Gasteiger partial charge in [-0.25, -0.2) is 0 Å². The summed E-state index contributed by atoms with van der Waals surface area (Å²) in [5.74, 6) is 0.694. The summed E-state index contributed by atoms with van der Waals surface area (Å²) in [4.78, 5) is 0. The Labute approximate surface area is 95.0 Å². The molecule has 0 amide bonds. The predicted octanol–water partition coefficient (Wildman–Crippen LogP) is 3.76. The monoisotopic (exact) mass is 255 g/mol. The van der Waals surface area contributed by atoms with Crippen LogP contribution in [0.25, 0.3) is 0 Å². The van der Waals surface area contributed by atoms with Crippen molar-refractivity contribution < 1.29 is 0 Å². The molecule has 1 atom stereocenters. The minimum Gasteiger partial charge on any atom is -0.310 e. The van der Waals surface area contributed by atoms with E-state index in [9.17, 15) is 0 Å². The molecule has 0 saturated carbocycles. The zero-order valence-corrected chi connectivity index (χ0v) is 10.6. The van der Waals surface area contributed by atoms with Gasteiger partial charge in [0.25, 0.3) is 0 Å². The van der Waals surface area contributed by atoms with Gasteiger partial charge >= 0.3 is 0 Å². The Morgan fingerprint density at radius 3 is 2.43 bits per heavy atom. The van der Waals surface area contributed by atoms with Crippen LogP contribution in [0.1, 0.15) is 32.4 Å². The van der Waals surface area contributed by atoms with Gasteiger partial charge in [-0.1, -0.05) is 48.0 Å². The molecule has 0 aliphatic heterocycles. The van der Waals surface area contributed by atoms with Gasteiger partial charge in [0.2, 0.25) is 0 Å². The largest absolute Gasteiger partial charge is 0.310 e. The highest BCUT2D eigenvalue weighted by molar-refractivity contribution is 9.10. The first-order valence-electron chi connectivity index (χ1n) is 5.09. The maximum Gasteiger partial charge on any atom is 0.0303 e. The molecule has 0 saturated heterocycles. The lowest BCUT2D eigenvalue weighted by atomic mass is 10.1. The van der Waals surface area contributed by atoms with E-state index in [1.54, 1.807) is 0 Å². The van der Waals surface area contributed by atoms with Crippen molar-refractivity contribution in [2.24, 2.45) is 5.92 Å². The van der Waals surface area contributed by atoms with Crippen molar-refractivity contribution in [3.05, 3.63) is 34.3 Å². The minimum absolute atomic E-state index is 0.410. The number of halogens is 1. The molecule has 0 spiro atoms.